The van der Waals surface area contributed by atoms with Crippen LogP contribution >= 0.6 is 22.9 Å². The molecule has 0 aliphatic heterocycles. The normalized spacial score (nSPS) is 12.8. The lowest BCUT2D eigenvalue weighted by Crippen LogP contribution is -2.01. The lowest BCUT2D eigenvalue weighted by molar-refractivity contribution is 0.219. The van der Waals surface area contributed by atoms with Crippen LogP contribution in [-0.4, -0.2) is 5.11 Å². The number of aliphatic hydroxyl groups is 1. The van der Waals surface area contributed by atoms with E-state index in [0.717, 1.165) is 15.3 Å². The van der Waals surface area contributed by atoms with E-state index in [4.69, 9.17) is 11.6 Å². The van der Waals surface area contributed by atoms with Crippen molar-refractivity contribution in [2.24, 2.45) is 0 Å². The van der Waals surface area contributed by atoms with Crippen molar-refractivity contribution >= 4 is 22.9 Å². The molecule has 0 radical (unpaired) electrons. The third-order valence-electron chi connectivity index (χ3n) is 2.65. The maximum atomic E-state index is 13.3. The summed E-state index contributed by atoms with van der Waals surface area (Å²) >= 11 is 7.47. The van der Waals surface area contributed by atoms with Gasteiger partial charge in [-0.05, 0) is 31.5 Å². The molecule has 90 valence electrons. The second-order valence-corrected chi connectivity index (χ2v) is 5.75. The van der Waals surface area contributed by atoms with Crippen LogP contribution in [0.1, 0.15) is 27.0 Å². The SMILES string of the molecule is Cc1cc(C(O)c2cccc(F)c2Cl)c(C)s1. The largest absolute Gasteiger partial charge is 0.384 e. The number of thiophene rings is 1. The molecule has 2 rings (SSSR count). The van der Waals surface area contributed by atoms with E-state index in [1.807, 2.05) is 19.9 Å². The molecule has 0 amide bonds. The molecular weight excluding hydrogens is 259 g/mol. The molecule has 0 fully saturated rings. The zero-order valence-electron chi connectivity index (χ0n) is 9.50. The maximum Gasteiger partial charge on any atom is 0.142 e. The Morgan fingerprint density at radius 1 is 1.29 bits per heavy atom. The van der Waals surface area contributed by atoms with E-state index in [1.54, 1.807) is 23.5 Å². The highest BCUT2D eigenvalue weighted by molar-refractivity contribution is 7.12. The average molecular weight is 271 g/mol. The molecule has 1 unspecified atom stereocenters. The number of aliphatic hydroxyl groups excluding tert-OH is 1. The fourth-order valence-electron chi connectivity index (χ4n) is 1.82. The van der Waals surface area contributed by atoms with Crippen LogP contribution in [0, 0.1) is 19.7 Å². The molecule has 17 heavy (non-hydrogen) atoms. The van der Waals surface area contributed by atoms with Crippen LogP contribution in [0.25, 0.3) is 0 Å². The van der Waals surface area contributed by atoms with Crippen LogP contribution in [0.4, 0.5) is 4.39 Å². The Morgan fingerprint density at radius 3 is 2.59 bits per heavy atom. The van der Waals surface area contributed by atoms with E-state index in [1.165, 1.54) is 6.07 Å². The van der Waals surface area contributed by atoms with Crippen LogP contribution in [0.3, 0.4) is 0 Å². The molecule has 1 aromatic heterocycles. The Bertz CT molecular complexity index is 550. The van der Waals surface area contributed by atoms with Crippen molar-refractivity contribution in [1.29, 1.82) is 0 Å². The first-order chi connectivity index (χ1) is 8.00. The van der Waals surface area contributed by atoms with E-state index in [9.17, 15) is 9.50 Å². The summed E-state index contributed by atoms with van der Waals surface area (Å²) in [6, 6.07) is 6.38. The van der Waals surface area contributed by atoms with E-state index in [0.29, 0.717) is 5.56 Å². The Hall–Kier alpha value is -0.900. The number of hydrogen-bond donors (Lipinski definition) is 1. The van der Waals surface area contributed by atoms with Gasteiger partial charge < -0.3 is 5.11 Å². The highest BCUT2D eigenvalue weighted by Gasteiger charge is 2.19. The molecule has 1 heterocycles. The van der Waals surface area contributed by atoms with Crippen LogP contribution in [0.15, 0.2) is 24.3 Å². The predicted octanol–water partition coefficient (Wildman–Crippen LogP) is 4.24. The third kappa shape index (κ3) is 2.37. The minimum absolute atomic E-state index is 0.0109. The summed E-state index contributed by atoms with van der Waals surface area (Å²) in [6.07, 6.45) is -0.872. The maximum absolute atomic E-state index is 13.3. The van der Waals surface area contributed by atoms with Gasteiger partial charge in [-0.25, -0.2) is 4.39 Å². The summed E-state index contributed by atoms with van der Waals surface area (Å²) in [7, 11) is 0. The number of rotatable bonds is 2. The topological polar surface area (TPSA) is 20.2 Å². The molecular formula is C13H12ClFOS. The molecule has 0 aliphatic rings. The Balaban J connectivity index is 2.47. The van der Waals surface area contributed by atoms with Crippen LogP contribution in [-0.2, 0) is 0 Å². The number of halogens is 2. The lowest BCUT2D eigenvalue weighted by Gasteiger charge is -2.12. The standard InChI is InChI=1S/C13H12ClFOS/c1-7-6-10(8(2)17-7)13(16)9-4-3-5-11(15)12(9)14/h3-6,13,16H,1-2H3. The van der Waals surface area contributed by atoms with Crippen molar-refractivity contribution in [3.05, 3.63) is 56.0 Å². The summed E-state index contributed by atoms with van der Waals surface area (Å²) in [5.74, 6) is -0.507. The van der Waals surface area contributed by atoms with E-state index >= 15 is 0 Å². The molecule has 0 bridgehead atoms. The van der Waals surface area contributed by atoms with Gasteiger partial charge in [-0.3, -0.25) is 0 Å². The Morgan fingerprint density at radius 2 is 2.00 bits per heavy atom. The highest BCUT2D eigenvalue weighted by atomic mass is 35.5. The third-order valence-corrected chi connectivity index (χ3v) is 4.03. The van der Waals surface area contributed by atoms with Crippen LogP contribution in [0.5, 0.6) is 0 Å². The van der Waals surface area contributed by atoms with Gasteiger partial charge in [-0.2, -0.15) is 0 Å². The summed E-state index contributed by atoms with van der Waals surface area (Å²) in [4.78, 5) is 2.14. The smallest absolute Gasteiger partial charge is 0.142 e. The van der Waals surface area contributed by atoms with Gasteiger partial charge in [0.1, 0.15) is 11.9 Å². The van der Waals surface area contributed by atoms with Crippen molar-refractivity contribution in [3.63, 3.8) is 0 Å². The van der Waals surface area contributed by atoms with Gasteiger partial charge in [0, 0.05) is 15.3 Å². The van der Waals surface area contributed by atoms with Crippen LogP contribution < -0.4 is 0 Å². The van der Waals surface area contributed by atoms with Gasteiger partial charge in [0.2, 0.25) is 0 Å². The van der Waals surface area contributed by atoms with Crippen molar-refractivity contribution in [3.8, 4) is 0 Å². The number of aryl methyl sites for hydroxylation is 2. The average Bonchev–Trinajstić information content (AvgIpc) is 2.61. The van der Waals surface area contributed by atoms with Crippen molar-refractivity contribution in [2.45, 2.75) is 20.0 Å². The molecule has 2 aromatic rings. The van der Waals surface area contributed by atoms with Gasteiger partial charge in [0.05, 0.1) is 5.02 Å². The van der Waals surface area contributed by atoms with Crippen LogP contribution in [0.2, 0.25) is 5.02 Å². The van der Waals surface area contributed by atoms with Gasteiger partial charge >= 0.3 is 0 Å². The first-order valence-corrected chi connectivity index (χ1v) is 6.39. The van der Waals surface area contributed by atoms with Crippen molar-refractivity contribution in [2.75, 3.05) is 0 Å². The minimum Gasteiger partial charge on any atom is -0.384 e. The molecule has 0 spiro atoms. The molecule has 0 saturated carbocycles. The fourth-order valence-corrected chi connectivity index (χ4v) is 3.01. The Kier molecular flexibility index (Phi) is 3.52. The van der Waals surface area contributed by atoms with Crippen molar-refractivity contribution < 1.29 is 9.50 Å². The first-order valence-electron chi connectivity index (χ1n) is 5.19. The first kappa shape index (κ1) is 12.6. The molecule has 4 heteroatoms. The fraction of sp³-hybridized carbons (Fsp3) is 0.231. The zero-order valence-corrected chi connectivity index (χ0v) is 11.1. The van der Waals surface area contributed by atoms with Gasteiger partial charge in [0.15, 0.2) is 0 Å². The number of hydrogen-bond acceptors (Lipinski definition) is 2. The second kappa shape index (κ2) is 4.77. The lowest BCUT2D eigenvalue weighted by atomic mass is 10.0. The second-order valence-electron chi connectivity index (χ2n) is 3.91. The molecule has 0 saturated heterocycles. The van der Waals surface area contributed by atoms with Gasteiger partial charge in [-0.15, -0.1) is 11.3 Å². The summed E-state index contributed by atoms with van der Waals surface area (Å²) in [5, 5.41) is 10.2. The molecule has 0 aliphatic carbocycles. The monoisotopic (exact) mass is 270 g/mol. The van der Waals surface area contributed by atoms with Gasteiger partial charge in [-0.1, -0.05) is 23.7 Å². The quantitative estimate of drug-likeness (QED) is 0.865. The zero-order chi connectivity index (χ0) is 12.6. The predicted molar refractivity (Wildman–Crippen MR) is 69.3 cm³/mol. The van der Waals surface area contributed by atoms with E-state index < -0.39 is 11.9 Å². The number of benzene rings is 1. The molecule has 1 nitrogen and oxygen atoms in total. The highest BCUT2D eigenvalue weighted by Crippen LogP contribution is 2.34. The Labute approximate surface area is 108 Å². The summed E-state index contributed by atoms with van der Waals surface area (Å²) in [5.41, 5.74) is 1.20. The molecule has 1 N–H and O–H groups in total. The molecule has 1 atom stereocenters. The minimum atomic E-state index is -0.872. The van der Waals surface area contributed by atoms with Gasteiger partial charge in [0.25, 0.3) is 0 Å². The van der Waals surface area contributed by atoms with E-state index in [-0.39, 0.29) is 5.02 Å². The molecule has 1 aromatic carbocycles. The van der Waals surface area contributed by atoms with E-state index in [2.05, 4.69) is 0 Å². The van der Waals surface area contributed by atoms with Crippen molar-refractivity contribution in [1.82, 2.24) is 0 Å². The summed E-state index contributed by atoms with van der Waals surface area (Å²) < 4.78 is 13.3. The summed E-state index contributed by atoms with van der Waals surface area (Å²) in [6.45, 7) is 3.91.